The number of carboxylic acids is 1. The van der Waals surface area contributed by atoms with Crippen LogP contribution in [0.5, 0.6) is 0 Å². The first-order valence-corrected chi connectivity index (χ1v) is 10.9. The van der Waals surface area contributed by atoms with Crippen LogP contribution in [-0.4, -0.2) is 41.3 Å². The number of rotatable bonds is 8. The highest BCUT2D eigenvalue weighted by Crippen LogP contribution is 2.44. The fourth-order valence-electron chi connectivity index (χ4n) is 4.70. The number of nitrogens with zero attached hydrogens (tertiary/aromatic N) is 1. The highest BCUT2D eigenvalue weighted by Gasteiger charge is 2.35. The number of aliphatic carboxylic acids is 1. The normalized spacial score (nSPS) is 16.3. The highest BCUT2D eigenvalue weighted by atomic mass is 16.6. The van der Waals surface area contributed by atoms with E-state index in [2.05, 4.69) is 24.3 Å². The summed E-state index contributed by atoms with van der Waals surface area (Å²) in [5.41, 5.74) is 4.65. The number of hydrogen-bond acceptors (Lipinski definition) is 3. The standard InChI is InChI=1S/C25H29NO4/c1-2-14-26(23(24(27)28)15-17-8-7-9-17)25(29)30-16-22-20-12-5-3-10-18(20)19-11-4-6-13-21(19)22/h3-6,10-13,17,22-23H,2,7-9,14-16H2,1H3,(H,27,28). The third-order valence-corrected chi connectivity index (χ3v) is 6.48. The van der Waals surface area contributed by atoms with Gasteiger partial charge in [0, 0.05) is 12.5 Å². The van der Waals surface area contributed by atoms with Gasteiger partial charge in [-0.25, -0.2) is 9.59 Å². The number of fused-ring (bicyclic) bond motifs is 3. The lowest BCUT2D eigenvalue weighted by Gasteiger charge is -2.34. The van der Waals surface area contributed by atoms with Gasteiger partial charge in [-0.3, -0.25) is 4.90 Å². The number of benzene rings is 2. The van der Waals surface area contributed by atoms with E-state index < -0.39 is 18.1 Å². The monoisotopic (exact) mass is 407 g/mol. The Morgan fingerprint density at radius 2 is 1.67 bits per heavy atom. The number of amides is 1. The van der Waals surface area contributed by atoms with Crippen molar-refractivity contribution in [1.29, 1.82) is 0 Å². The predicted octanol–water partition coefficient (Wildman–Crippen LogP) is 5.29. The van der Waals surface area contributed by atoms with E-state index in [1.165, 1.54) is 16.0 Å². The summed E-state index contributed by atoms with van der Waals surface area (Å²) in [6.07, 6.45) is 3.93. The molecule has 5 heteroatoms. The number of carbonyl (C=O) groups excluding carboxylic acids is 1. The van der Waals surface area contributed by atoms with Crippen molar-refractivity contribution < 1.29 is 19.4 Å². The minimum Gasteiger partial charge on any atom is -0.480 e. The van der Waals surface area contributed by atoms with Crippen LogP contribution in [0.4, 0.5) is 4.79 Å². The van der Waals surface area contributed by atoms with Crippen LogP contribution in [-0.2, 0) is 9.53 Å². The first-order chi connectivity index (χ1) is 14.6. The minimum absolute atomic E-state index is 0.0280. The van der Waals surface area contributed by atoms with Crippen molar-refractivity contribution in [3.63, 3.8) is 0 Å². The van der Waals surface area contributed by atoms with Gasteiger partial charge in [-0.05, 0) is 41.0 Å². The molecular weight excluding hydrogens is 378 g/mol. The van der Waals surface area contributed by atoms with Crippen LogP contribution in [0.3, 0.4) is 0 Å². The van der Waals surface area contributed by atoms with Crippen molar-refractivity contribution in [2.45, 2.75) is 51.0 Å². The molecule has 2 aromatic rings. The topological polar surface area (TPSA) is 66.8 Å². The summed E-state index contributed by atoms with van der Waals surface area (Å²) >= 11 is 0. The van der Waals surface area contributed by atoms with Crippen molar-refractivity contribution in [3.05, 3.63) is 59.7 Å². The van der Waals surface area contributed by atoms with Gasteiger partial charge in [0.2, 0.25) is 0 Å². The first kappa shape index (κ1) is 20.5. The van der Waals surface area contributed by atoms with Crippen LogP contribution in [0.1, 0.15) is 56.1 Å². The predicted molar refractivity (Wildman–Crippen MR) is 115 cm³/mol. The molecule has 1 amide bonds. The molecule has 0 aromatic heterocycles. The summed E-state index contributed by atoms with van der Waals surface area (Å²) in [5, 5.41) is 9.78. The van der Waals surface area contributed by atoms with E-state index in [-0.39, 0.29) is 12.5 Å². The van der Waals surface area contributed by atoms with Gasteiger partial charge in [0.1, 0.15) is 12.6 Å². The molecule has 0 bridgehead atoms. The molecule has 30 heavy (non-hydrogen) atoms. The molecule has 0 saturated heterocycles. The molecule has 2 aliphatic rings. The zero-order valence-electron chi connectivity index (χ0n) is 17.4. The van der Waals surface area contributed by atoms with Crippen LogP contribution in [0, 0.1) is 5.92 Å². The van der Waals surface area contributed by atoms with E-state index in [9.17, 15) is 14.7 Å². The molecule has 0 aliphatic heterocycles. The van der Waals surface area contributed by atoms with E-state index >= 15 is 0 Å². The lowest BCUT2D eigenvalue weighted by Crippen LogP contribution is -2.47. The molecule has 1 N–H and O–H groups in total. The van der Waals surface area contributed by atoms with E-state index in [0.29, 0.717) is 25.3 Å². The average Bonchev–Trinajstić information content (AvgIpc) is 3.04. The Labute approximate surface area is 177 Å². The number of carbonyl (C=O) groups is 2. The van der Waals surface area contributed by atoms with Crippen molar-refractivity contribution in [2.24, 2.45) is 5.92 Å². The Bertz CT molecular complexity index is 875. The van der Waals surface area contributed by atoms with E-state index in [0.717, 1.165) is 30.4 Å². The Kier molecular flexibility index (Phi) is 6.07. The summed E-state index contributed by atoms with van der Waals surface area (Å²) in [5.74, 6) is -0.574. The number of carboxylic acid groups (broad SMARTS) is 1. The molecule has 1 atom stereocenters. The highest BCUT2D eigenvalue weighted by molar-refractivity contribution is 5.81. The summed E-state index contributed by atoms with van der Waals surface area (Å²) < 4.78 is 5.74. The van der Waals surface area contributed by atoms with Crippen LogP contribution >= 0.6 is 0 Å². The molecule has 1 fully saturated rings. The molecule has 0 radical (unpaired) electrons. The van der Waals surface area contributed by atoms with Gasteiger partial charge < -0.3 is 9.84 Å². The summed E-state index contributed by atoms with van der Waals surface area (Å²) in [7, 11) is 0. The van der Waals surface area contributed by atoms with Gasteiger partial charge >= 0.3 is 12.1 Å². The Morgan fingerprint density at radius 1 is 1.07 bits per heavy atom. The van der Waals surface area contributed by atoms with Crippen molar-refractivity contribution in [3.8, 4) is 11.1 Å². The van der Waals surface area contributed by atoms with Gasteiger partial charge in [0.25, 0.3) is 0 Å². The van der Waals surface area contributed by atoms with Gasteiger partial charge in [-0.2, -0.15) is 0 Å². The maximum atomic E-state index is 13.0. The van der Waals surface area contributed by atoms with Gasteiger partial charge in [-0.1, -0.05) is 74.7 Å². The van der Waals surface area contributed by atoms with E-state index in [1.807, 2.05) is 31.2 Å². The molecular formula is C25H29NO4. The third-order valence-electron chi connectivity index (χ3n) is 6.48. The lowest BCUT2D eigenvalue weighted by molar-refractivity contribution is -0.143. The second-order valence-electron chi connectivity index (χ2n) is 8.38. The van der Waals surface area contributed by atoms with Crippen LogP contribution in [0.25, 0.3) is 11.1 Å². The maximum Gasteiger partial charge on any atom is 0.410 e. The SMILES string of the molecule is CCCN(C(=O)OCC1c2ccccc2-c2ccccc21)C(CC1CCC1)C(=O)O. The van der Waals surface area contributed by atoms with Gasteiger partial charge in [0.05, 0.1) is 0 Å². The second-order valence-corrected chi connectivity index (χ2v) is 8.38. The molecule has 0 spiro atoms. The third kappa shape index (κ3) is 3.93. The van der Waals surface area contributed by atoms with Gasteiger partial charge in [-0.15, -0.1) is 0 Å². The smallest absolute Gasteiger partial charge is 0.410 e. The molecule has 1 saturated carbocycles. The molecule has 2 aliphatic carbocycles. The van der Waals surface area contributed by atoms with E-state index in [1.54, 1.807) is 0 Å². The van der Waals surface area contributed by atoms with Crippen LogP contribution < -0.4 is 0 Å². The van der Waals surface area contributed by atoms with Crippen molar-refractivity contribution in [1.82, 2.24) is 4.90 Å². The minimum atomic E-state index is -0.941. The summed E-state index contributed by atoms with van der Waals surface area (Å²) in [6.45, 7) is 2.55. The molecule has 1 unspecified atom stereocenters. The average molecular weight is 408 g/mol. The second kappa shape index (κ2) is 8.90. The zero-order chi connectivity index (χ0) is 21.1. The van der Waals surface area contributed by atoms with Crippen molar-refractivity contribution >= 4 is 12.1 Å². The zero-order valence-corrected chi connectivity index (χ0v) is 17.4. The Morgan fingerprint density at radius 3 is 2.17 bits per heavy atom. The van der Waals surface area contributed by atoms with Crippen LogP contribution in [0.15, 0.2) is 48.5 Å². The van der Waals surface area contributed by atoms with Crippen molar-refractivity contribution in [2.75, 3.05) is 13.2 Å². The maximum absolute atomic E-state index is 13.0. The lowest BCUT2D eigenvalue weighted by atomic mass is 9.80. The molecule has 158 valence electrons. The van der Waals surface area contributed by atoms with E-state index in [4.69, 9.17) is 4.74 Å². The molecule has 0 heterocycles. The summed E-state index contributed by atoms with van der Waals surface area (Å²) in [6, 6.07) is 15.6. The Balaban J connectivity index is 1.50. The van der Waals surface area contributed by atoms with Crippen LogP contribution in [0.2, 0.25) is 0 Å². The largest absolute Gasteiger partial charge is 0.480 e. The number of hydrogen-bond donors (Lipinski definition) is 1. The molecule has 4 rings (SSSR count). The number of ether oxygens (including phenoxy) is 1. The van der Waals surface area contributed by atoms with Gasteiger partial charge in [0.15, 0.2) is 0 Å². The quantitative estimate of drug-likeness (QED) is 0.646. The fraction of sp³-hybridized carbons (Fsp3) is 0.440. The molecule has 5 nitrogen and oxygen atoms in total. The summed E-state index contributed by atoms with van der Waals surface area (Å²) in [4.78, 5) is 26.3. The Hall–Kier alpha value is -2.82. The first-order valence-electron chi connectivity index (χ1n) is 10.9. The fourth-order valence-corrected chi connectivity index (χ4v) is 4.70. The molecule has 2 aromatic carbocycles.